The molecule has 6 N–H and O–H groups in total. The summed E-state index contributed by atoms with van der Waals surface area (Å²) in [5.74, 6) is -2.74. The number of carboxylic acid groups (broad SMARTS) is 1. The van der Waals surface area contributed by atoms with Gasteiger partial charge in [0.25, 0.3) is 0 Å². The largest absolute Gasteiger partial charge is 0.480 e. The summed E-state index contributed by atoms with van der Waals surface area (Å²) in [5.41, 5.74) is 10.8. The monoisotopic (exact) mass is 356 g/mol. The number of rotatable bonds is 9. The molecule has 1 fully saturated rings. The van der Waals surface area contributed by atoms with E-state index in [1.807, 2.05) is 13.8 Å². The van der Waals surface area contributed by atoms with E-state index in [2.05, 4.69) is 5.32 Å². The maximum absolute atomic E-state index is 12.8. The fourth-order valence-electron chi connectivity index (χ4n) is 2.84. The zero-order chi connectivity index (χ0) is 19.1. The Labute approximate surface area is 147 Å². The van der Waals surface area contributed by atoms with E-state index in [1.54, 1.807) is 0 Å². The third kappa shape index (κ3) is 5.70. The van der Waals surface area contributed by atoms with Crippen LogP contribution < -0.4 is 16.8 Å². The quantitative estimate of drug-likeness (QED) is 0.423. The zero-order valence-electron chi connectivity index (χ0n) is 14.7. The van der Waals surface area contributed by atoms with E-state index in [1.165, 1.54) is 4.90 Å². The lowest BCUT2D eigenvalue weighted by Gasteiger charge is -2.31. The van der Waals surface area contributed by atoms with Gasteiger partial charge < -0.3 is 26.8 Å². The Hall–Kier alpha value is -2.16. The molecule has 142 valence electrons. The first-order valence-corrected chi connectivity index (χ1v) is 8.56. The maximum atomic E-state index is 12.8. The molecular weight excluding hydrogens is 328 g/mol. The fraction of sp³-hybridized carbons (Fsp3) is 0.750. The molecule has 1 heterocycles. The minimum atomic E-state index is -1.04. The second-order valence-corrected chi connectivity index (χ2v) is 6.51. The highest BCUT2D eigenvalue weighted by atomic mass is 16.4. The van der Waals surface area contributed by atoms with Gasteiger partial charge in [0, 0.05) is 13.0 Å². The average Bonchev–Trinajstić information content (AvgIpc) is 3.05. The molecule has 0 radical (unpaired) electrons. The van der Waals surface area contributed by atoms with Crippen LogP contribution in [0.4, 0.5) is 0 Å². The number of hydrogen-bond donors (Lipinski definition) is 4. The Balaban J connectivity index is 2.83. The van der Waals surface area contributed by atoms with Gasteiger partial charge in [-0.2, -0.15) is 0 Å². The Kier molecular flexibility index (Phi) is 7.82. The highest BCUT2D eigenvalue weighted by Gasteiger charge is 2.39. The highest BCUT2D eigenvalue weighted by molar-refractivity contribution is 5.92. The molecule has 0 aromatic carbocycles. The van der Waals surface area contributed by atoms with Crippen molar-refractivity contribution in [1.82, 2.24) is 10.2 Å². The van der Waals surface area contributed by atoms with Crippen molar-refractivity contribution in [1.29, 1.82) is 0 Å². The highest BCUT2D eigenvalue weighted by Crippen LogP contribution is 2.21. The number of carboxylic acids is 1. The Morgan fingerprint density at radius 1 is 1.32 bits per heavy atom. The molecule has 1 saturated heterocycles. The average molecular weight is 356 g/mol. The number of hydrogen-bond acceptors (Lipinski definition) is 5. The van der Waals surface area contributed by atoms with Gasteiger partial charge in [-0.15, -0.1) is 0 Å². The molecule has 0 spiro atoms. The lowest BCUT2D eigenvalue weighted by molar-refractivity contribution is -0.150. The predicted molar refractivity (Wildman–Crippen MR) is 90.2 cm³/mol. The standard InChI is InChI=1S/C16H28N4O5/c1-3-9(2)13(19-14(22)10(17)6-7-12(18)21)15(23)20-8-4-5-11(20)16(24)25/h9-11,13H,3-8,17H2,1-2H3,(H2,18,21)(H,19,22)(H,24,25)/t9-,10-,11+,13-/m0/s1. The molecule has 0 saturated carbocycles. The van der Waals surface area contributed by atoms with Crippen LogP contribution in [0.25, 0.3) is 0 Å². The number of nitrogens with one attached hydrogen (secondary N) is 1. The van der Waals surface area contributed by atoms with E-state index in [9.17, 15) is 24.3 Å². The van der Waals surface area contributed by atoms with Crippen LogP contribution in [-0.2, 0) is 19.2 Å². The van der Waals surface area contributed by atoms with Gasteiger partial charge in [-0.3, -0.25) is 14.4 Å². The normalized spacial score (nSPS) is 20.6. The summed E-state index contributed by atoms with van der Waals surface area (Å²) in [6.07, 6.45) is 1.70. The van der Waals surface area contributed by atoms with Crippen LogP contribution in [0.15, 0.2) is 0 Å². The van der Waals surface area contributed by atoms with Crippen molar-refractivity contribution in [2.75, 3.05) is 6.54 Å². The number of aliphatic carboxylic acids is 1. The number of carbonyl (C=O) groups excluding carboxylic acids is 3. The van der Waals surface area contributed by atoms with Gasteiger partial charge in [-0.05, 0) is 25.2 Å². The number of nitrogens with two attached hydrogens (primary N) is 2. The third-order valence-corrected chi connectivity index (χ3v) is 4.64. The number of nitrogens with zero attached hydrogens (tertiary/aromatic N) is 1. The summed E-state index contributed by atoms with van der Waals surface area (Å²) < 4.78 is 0. The summed E-state index contributed by atoms with van der Waals surface area (Å²) in [4.78, 5) is 48.5. The second kappa shape index (κ2) is 9.36. The lowest BCUT2D eigenvalue weighted by Crippen LogP contribution is -2.56. The van der Waals surface area contributed by atoms with Gasteiger partial charge in [0.05, 0.1) is 6.04 Å². The van der Waals surface area contributed by atoms with E-state index in [-0.39, 0.29) is 18.8 Å². The van der Waals surface area contributed by atoms with Crippen molar-refractivity contribution in [3.8, 4) is 0 Å². The van der Waals surface area contributed by atoms with Crippen LogP contribution in [-0.4, -0.2) is 58.4 Å². The van der Waals surface area contributed by atoms with E-state index < -0.39 is 41.8 Å². The van der Waals surface area contributed by atoms with Gasteiger partial charge in [-0.1, -0.05) is 20.3 Å². The van der Waals surface area contributed by atoms with E-state index in [4.69, 9.17) is 11.5 Å². The molecule has 9 nitrogen and oxygen atoms in total. The summed E-state index contributed by atoms with van der Waals surface area (Å²) >= 11 is 0. The van der Waals surface area contributed by atoms with Gasteiger partial charge in [-0.25, -0.2) is 4.79 Å². The Morgan fingerprint density at radius 3 is 2.48 bits per heavy atom. The van der Waals surface area contributed by atoms with Crippen molar-refractivity contribution in [2.24, 2.45) is 17.4 Å². The maximum Gasteiger partial charge on any atom is 0.326 e. The molecule has 1 aliphatic rings. The minimum Gasteiger partial charge on any atom is -0.480 e. The first kappa shape index (κ1) is 20.9. The number of primary amides is 1. The molecule has 0 aromatic heterocycles. The van der Waals surface area contributed by atoms with Gasteiger partial charge >= 0.3 is 5.97 Å². The molecule has 1 rings (SSSR count). The molecule has 0 bridgehead atoms. The Bertz CT molecular complexity index is 525. The second-order valence-electron chi connectivity index (χ2n) is 6.51. The zero-order valence-corrected chi connectivity index (χ0v) is 14.7. The SMILES string of the molecule is CC[C@H](C)[C@H](NC(=O)[C@@H](N)CCC(N)=O)C(=O)N1CCC[C@@H]1C(=O)O. The van der Waals surface area contributed by atoms with E-state index >= 15 is 0 Å². The summed E-state index contributed by atoms with van der Waals surface area (Å²) in [7, 11) is 0. The molecule has 0 unspecified atom stereocenters. The number of amides is 3. The van der Waals surface area contributed by atoms with Crippen LogP contribution in [0.2, 0.25) is 0 Å². The molecule has 4 atom stereocenters. The van der Waals surface area contributed by atoms with Crippen molar-refractivity contribution in [2.45, 2.75) is 64.1 Å². The van der Waals surface area contributed by atoms with Crippen LogP contribution in [0.1, 0.15) is 46.0 Å². The first-order valence-electron chi connectivity index (χ1n) is 8.56. The van der Waals surface area contributed by atoms with Crippen LogP contribution in [0.5, 0.6) is 0 Å². The van der Waals surface area contributed by atoms with Gasteiger partial charge in [0.15, 0.2) is 0 Å². The summed E-state index contributed by atoms with van der Waals surface area (Å²) in [6.45, 7) is 4.04. The van der Waals surface area contributed by atoms with Crippen molar-refractivity contribution in [3.63, 3.8) is 0 Å². The van der Waals surface area contributed by atoms with Crippen molar-refractivity contribution < 1.29 is 24.3 Å². The molecule has 3 amide bonds. The van der Waals surface area contributed by atoms with Crippen molar-refractivity contribution in [3.05, 3.63) is 0 Å². The summed E-state index contributed by atoms with van der Waals surface area (Å²) in [6, 6.07) is -2.67. The van der Waals surface area contributed by atoms with E-state index in [0.717, 1.165) is 0 Å². The molecule has 0 aromatic rings. The first-order chi connectivity index (χ1) is 11.7. The fourth-order valence-corrected chi connectivity index (χ4v) is 2.84. The van der Waals surface area contributed by atoms with Gasteiger partial charge in [0.1, 0.15) is 12.1 Å². The number of carbonyl (C=O) groups is 4. The molecule has 0 aliphatic carbocycles. The molecular formula is C16H28N4O5. The van der Waals surface area contributed by atoms with Crippen molar-refractivity contribution >= 4 is 23.7 Å². The molecule has 1 aliphatic heterocycles. The number of likely N-dealkylation sites (tertiary alicyclic amines) is 1. The molecule has 9 heteroatoms. The Morgan fingerprint density at radius 2 is 1.96 bits per heavy atom. The summed E-state index contributed by atoms with van der Waals surface area (Å²) in [5, 5.41) is 11.9. The molecule has 25 heavy (non-hydrogen) atoms. The van der Waals surface area contributed by atoms with E-state index in [0.29, 0.717) is 25.8 Å². The van der Waals surface area contributed by atoms with Gasteiger partial charge in [0.2, 0.25) is 17.7 Å². The topological polar surface area (TPSA) is 156 Å². The predicted octanol–water partition coefficient (Wildman–Crippen LogP) is -0.814. The van der Waals surface area contributed by atoms with Crippen LogP contribution in [0, 0.1) is 5.92 Å². The third-order valence-electron chi connectivity index (χ3n) is 4.64. The minimum absolute atomic E-state index is 0.0241. The lowest BCUT2D eigenvalue weighted by atomic mass is 9.96. The van der Waals surface area contributed by atoms with Crippen LogP contribution >= 0.6 is 0 Å². The smallest absolute Gasteiger partial charge is 0.326 e. The van der Waals surface area contributed by atoms with Crippen LogP contribution in [0.3, 0.4) is 0 Å².